The summed E-state index contributed by atoms with van der Waals surface area (Å²) in [6.45, 7) is 11.7. The molecule has 0 atom stereocenters. The SMILES string of the molecule is CCCNC(C)(C)COC(=O)C(CC)CC. The lowest BCUT2D eigenvalue weighted by Gasteiger charge is -2.26. The average molecular weight is 229 g/mol. The third kappa shape index (κ3) is 6.11. The van der Waals surface area contributed by atoms with Crippen molar-refractivity contribution in [2.45, 2.75) is 59.4 Å². The molecule has 0 radical (unpaired) electrons. The van der Waals surface area contributed by atoms with Gasteiger partial charge in [-0.05, 0) is 39.7 Å². The molecule has 0 unspecified atom stereocenters. The van der Waals surface area contributed by atoms with Crippen LogP contribution in [-0.2, 0) is 9.53 Å². The minimum Gasteiger partial charge on any atom is -0.464 e. The van der Waals surface area contributed by atoms with Crippen LogP contribution >= 0.6 is 0 Å². The Labute approximate surface area is 99.9 Å². The fourth-order valence-electron chi connectivity index (χ4n) is 1.51. The second-order valence-electron chi connectivity index (χ2n) is 4.93. The standard InChI is InChI=1S/C13H27NO2/c1-6-9-14-13(4,5)10-16-12(15)11(7-2)8-3/h11,14H,6-10H2,1-5H3. The van der Waals surface area contributed by atoms with Crippen LogP contribution in [0.2, 0.25) is 0 Å². The second kappa shape index (κ2) is 7.66. The highest BCUT2D eigenvalue weighted by molar-refractivity contribution is 5.72. The minimum atomic E-state index is -0.127. The molecule has 0 aromatic carbocycles. The molecule has 0 fully saturated rings. The van der Waals surface area contributed by atoms with E-state index in [-0.39, 0.29) is 17.4 Å². The van der Waals surface area contributed by atoms with Crippen molar-refractivity contribution in [2.24, 2.45) is 5.92 Å². The Bertz CT molecular complexity index is 198. The molecule has 0 saturated carbocycles. The molecule has 16 heavy (non-hydrogen) atoms. The molecule has 0 bridgehead atoms. The van der Waals surface area contributed by atoms with Gasteiger partial charge >= 0.3 is 5.97 Å². The molecule has 3 heteroatoms. The van der Waals surface area contributed by atoms with Crippen molar-refractivity contribution in [3.8, 4) is 0 Å². The maximum atomic E-state index is 11.7. The Morgan fingerprint density at radius 3 is 2.25 bits per heavy atom. The molecule has 0 aliphatic carbocycles. The van der Waals surface area contributed by atoms with Crippen LogP contribution in [0.25, 0.3) is 0 Å². The number of ether oxygens (including phenoxy) is 1. The molecule has 0 spiro atoms. The molecule has 0 rings (SSSR count). The van der Waals surface area contributed by atoms with Gasteiger partial charge in [-0.3, -0.25) is 4.79 Å². The number of carbonyl (C=O) groups excluding carboxylic acids is 1. The first kappa shape index (κ1) is 15.4. The summed E-state index contributed by atoms with van der Waals surface area (Å²) in [6.07, 6.45) is 2.81. The normalized spacial score (nSPS) is 11.9. The molecule has 0 aliphatic rings. The van der Waals surface area contributed by atoms with Crippen molar-refractivity contribution in [1.82, 2.24) is 5.32 Å². The highest BCUT2D eigenvalue weighted by atomic mass is 16.5. The first-order valence-corrected chi connectivity index (χ1v) is 6.38. The molecule has 0 amide bonds. The second-order valence-corrected chi connectivity index (χ2v) is 4.93. The summed E-state index contributed by atoms with van der Waals surface area (Å²) < 4.78 is 5.35. The van der Waals surface area contributed by atoms with Gasteiger partial charge in [-0.1, -0.05) is 20.8 Å². The van der Waals surface area contributed by atoms with Gasteiger partial charge in [0, 0.05) is 5.54 Å². The number of hydrogen-bond acceptors (Lipinski definition) is 3. The summed E-state index contributed by atoms with van der Waals surface area (Å²) in [5.74, 6) is -0.00153. The lowest BCUT2D eigenvalue weighted by Crippen LogP contribution is -2.44. The van der Waals surface area contributed by atoms with E-state index in [1.54, 1.807) is 0 Å². The Morgan fingerprint density at radius 1 is 1.25 bits per heavy atom. The van der Waals surface area contributed by atoms with E-state index in [2.05, 4.69) is 26.1 Å². The van der Waals surface area contributed by atoms with Crippen molar-refractivity contribution in [3.63, 3.8) is 0 Å². The van der Waals surface area contributed by atoms with E-state index < -0.39 is 0 Å². The smallest absolute Gasteiger partial charge is 0.308 e. The van der Waals surface area contributed by atoms with Gasteiger partial charge in [0.1, 0.15) is 6.61 Å². The fraction of sp³-hybridized carbons (Fsp3) is 0.923. The highest BCUT2D eigenvalue weighted by Crippen LogP contribution is 2.11. The molecule has 0 heterocycles. The van der Waals surface area contributed by atoms with Crippen molar-refractivity contribution < 1.29 is 9.53 Å². The predicted octanol–water partition coefficient (Wildman–Crippen LogP) is 2.74. The molecule has 0 aliphatic heterocycles. The first-order chi connectivity index (χ1) is 7.46. The topological polar surface area (TPSA) is 38.3 Å². The molecule has 0 aromatic rings. The molecular weight excluding hydrogens is 202 g/mol. The van der Waals surface area contributed by atoms with Crippen LogP contribution in [0.4, 0.5) is 0 Å². The largest absolute Gasteiger partial charge is 0.464 e. The van der Waals surface area contributed by atoms with Gasteiger partial charge in [-0.15, -0.1) is 0 Å². The van der Waals surface area contributed by atoms with Gasteiger partial charge < -0.3 is 10.1 Å². The van der Waals surface area contributed by atoms with Crippen LogP contribution in [0.15, 0.2) is 0 Å². The fourth-order valence-corrected chi connectivity index (χ4v) is 1.51. The lowest BCUT2D eigenvalue weighted by molar-refractivity contribution is -0.150. The zero-order chi connectivity index (χ0) is 12.6. The van der Waals surface area contributed by atoms with Crippen molar-refractivity contribution in [1.29, 1.82) is 0 Å². The van der Waals surface area contributed by atoms with Crippen molar-refractivity contribution >= 4 is 5.97 Å². The van der Waals surface area contributed by atoms with Crippen LogP contribution in [0.3, 0.4) is 0 Å². The van der Waals surface area contributed by atoms with E-state index in [1.165, 1.54) is 0 Å². The van der Waals surface area contributed by atoms with Gasteiger partial charge in [-0.25, -0.2) is 0 Å². The quantitative estimate of drug-likeness (QED) is 0.650. The van der Waals surface area contributed by atoms with E-state index in [9.17, 15) is 4.79 Å². The van der Waals surface area contributed by atoms with Crippen LogP contribution < -0.4 is 5.32 Å². The number of nitrogens with one attached hydrogen (secondary N) is 1. The molecule has 1 N–H and O–H groups in total. The Balaban J connectivity index is 3.97. The summed E-state index contributed by atoms with van der Waals surface area (Å²) in [6, 6.07) is 0. The van der Waals surface area contributed by atoms with Gasteiger partial charge in [-0.2, -0.15) is 0 Å². The summed E-state index contributed by atoms with van der Waals surface area (Å²) in [7, 11) is 0. The number of rotatable bonds is 8. The number of esters is 1. The zero-order valence-corrected chi connectivity index (χ0v) is 11.4. The van der Waals surface area contributed by atoms with Gasteiger partial charge in [0.25, 0.3) is 0 Å². The average Bonchev–Trinajstić information content (AvgIpc) is 2.25. The third-order valence-corrected chi connectivity index (χ3v) is 2.75. The summed E-state index contributed by atoms with van der Waals surface area (Å²) in [5, 5.41) is 3.36. The van der Waals surface area contributed by atoms with Gasteiger partial charge in [0.2, 0.25) is 0 Å². The first-order valence-electron chi connectivity index (χ1n) is 6.38. The van der Waals surface area contributed by atoms with Crippen LogP contribution in [-0.4, -0.2) is 24.7 Å². The van der Waals surface area contributed by atoms with E-state index in [1.807, 2.05) is 13.8 Å². The monoisotopic (exact) mass is 229 g/mol. The summed E-state index contributed by atoms with van der Waals surface area (Å²) in [5.41, 5.74) is -0.127. The maximum absolute atomic E-state index is 11.7. The van der Waals surface area contributed by atoms with Crippen molar-refractivity contribution in [3.05, 3.63) is 0 Å². The molecule has 96 valence electrons. The molecule has 0 aromatic heterocycles. The van der Waals surface area contributed by atoms with E-state index in [0.29, 0.717) is 6.61 Å². The summed E-state index contributed by atoms with van der Waals surface area (Å²) >= 11 is 0. The van der Waals surface area contributed by atoms with E-state index in [4.69, 9.17) is 4.74 Å². The van der Waals surface area contributed by atoms with Crippen LogP contribution in [0.5, 0.6) is 0 Å². The molecular formula is C13H27NO2. The van der Waals surface area contributed by atoms with Crippen molar-refractivity contribution in [2.75, 3.05) is 13.2 Å². The van der Waals surface area contributed by atoms with Gasteiger partial charge in [0.15, 0.2) is 0 Å². The molecule has 0 saturated heterocycles. The Morgan fingerprint density at radius 2 is 1.81 bits per heavy atom. The molecule has 3 nitrogen and oxygen atoms in total. The van der Waals surface area contributed by atoms with Gasteiger partial charge in [0.05, 0.1) is 5.92 Å². The number of hydrogen-bond donors (Lipinski definition) is 1. The highest BCUT2D eigenvalue weighted by Gasteiger charge is 2.22. The van der Waals surface area contributed by atoms with E-state index >= 15 is 0 Å². The third-order valence-electron chi connectivity index (χ3n) is 2.75. The summed E-state index contributed by atoms with van der Waals surface area (Å²) in [4.78, 5) is 11.7. The van der Waals surface area contributed by atoms with Crippen LogP contribution in [0.1, 0.15) is 53.9 Å². The minimum absolute atomic E-state index is 0.0574. The zero-order valence-electron chi connectivity index (χ0n) is 11.4. The predicted molar refractivity (Wildman–Crippen MR) is 67.4 cm³/mol. The number of carbonyl (C=O) groups is 1. The maximum Gasteiger partial charge on any atom is 0.308 e. The van der Waals surface area contributed by atoms with E-state index in [0.717, 1.165) is 25.8 Å². The Kier molecular flexibility index (Phi) is 7.39. The Hall–Kier alpha value is -0.570. The lowest BCUT2D eigenvalue weighted by atomic mass is 10.0. The van der Waals surface area contributed by atoms with Crippen LogP contribution in [0, 0.1) is 5.92 Å².